The number of ether oxygens (including phenoxy) is 2. The normalized spacial score (nSPS) is 14.0. The van der Waals surface area contributed by atoms with Gasteiger partial charge in [-0.2, -0.15) is 9.78 Å². The number of nitro benzene ring substituents is 1. The Morgan fingerprint density at radius 3 is 2.66 bits per heavy atom. The fourth-order valence-corrected chi connectivity index (χ4v) is 5.38. The van der Waals surface area contributed by atoms with Crippen LogP contribution in [0.15, 0.2) is 69.0 Å². The van der Waals surface area contributed by atoms with Gasteiger partial charge in [-0.1, -0.05) is 53.4 Å². The lowest BCUT2D eigenvalue weighted by Crippen LogP contribution is -2.25. The van der Waals surface area contributed by atoms with Gasteiger partial charge >= 0.3 is 5.69 Å². The lowest BCUT2D eigenvalue weighted by Gasteiger charge is -2.22. The van der Waals surface area contributed by atoms with Crippen LogP contribution >= 0.6 is 15.9 Å². The highest BCUT2D eigenvalue weighted by Crippen LogP contribution is 2.39. The molecule has 3 aromatic carbocycles. The minimum absolute atomic E-state index is 0.0733. The molecular formula is C30H28BrFN4O5. The van der Waals surface area contributed by atoms with Crippen molar-refractivity contribution in [2.45, 2.75) is 51.6 Å². The summed E-state index contributed by atoms with van der Waals surface area (Å²) >= 11 is 3.42. The number of aromatic nitrogens is 2. The van der Waals surface area contributed by atoms with Crippen molar-refractivity contribution in [3.8, 4) is 11.5 Å². The van der Waals surface area contributed by atoms with Crippen molar-refractivity contribution in [1.82, 2.24) is 9.66 Å². The summed E-state index contributed by atoms with van der Waals surface area (Å²) in [6, 6.07) is 14.2. The highest BCUT2D eigenvalue weighted by Gasteiger charge is 2.25. The van der Waals surface area contributed by atoms with Crippen molar-refractivity contribution in [3.63, 3.8) is 0 Å². The van der Waals surface area contributed by atoms with Crippen molar-refractivity contribution in [1.29, 1.82) is 0 Å². The highest BCUT2D eigenvalue weighted by atomic mass is 79.9. The summed E-state index contributed by atoms with van der Waals surface area (Å²) in [6.07, 6.45) is 6.41. The van der Waals surface area contributed by atoms with Crippen LogP contribution < -0.4 is 15.0 Å². The smallest absolute Gasteiger partial charge is 0.315 e. The molecule has 1 saturated carbocycles. The van der Waals surface area contributed by atoms with Crippen LogP contribution in [-0.2, 0) is 6.61 Å². The highest BCUT2D eigenvalue weighted by molar-refractivity contribution is 9.10. The predicted molar refractivity (Wildman–Crippen MR) is 158 cm³/mol. The Kier molecular flexibility index (Phi) is 8.72. The summed E-state index contributed by atoms with van der Waals surface area (Å²) < 4.78 is 27.6. The first-order valence-electron chi connectivity index (χ1n) is 13.4. The van der Waals surface area contributed by atoms with E-state index in [9.17, 15) is 19.3 Å². The van der Waals surface area contributed by atoms with Gasteiger partial charge in [-0.3, -0.25) is 14.9 Å². The largest absolute Gasteiger partial charge is 0.490 e. The van der Waals surface area contributed by atoms with Gasteiger partial charge in [0.25, 0.3) is 5.56 Å². The van der Waals surface area contributed by atoms with Crippen LogP contribution in [0.4, 0.5) is 10.1 Å². The fraction of sp³-hybridized carbons (Fsp3) is 0.300. The fourth-order valence-electron chi connectivity index (χ4n) is 5.02. The van der Waals surface area contributed by atoms with Crippen LogP contribution in [0.25, 0.3) is 10.9 Å². The van der Waals surface area contributed by atoms with Gasteiger partial charge in [0, 0.05) is 27.6 Å². The van der Waals surface area contributed by atoms with Crippen LogP contribution in [0, 0.1) is 15.9 Å². The number of hydrogen-bond acceptors (Lipinski definition) is 7. The number of fused-ring (bicyclic) bond motifs is 1. The Labute approximate surface area is 243 Å². The molecular weight excluding hydrogens is 595 g/mol. The zero-order valence-electron chi connectivity index (χ0n) is 22.4. The quantitative estimate of drug-likeness (QED) is 0.112. The molecule has 41 heavy (non-hydrogen) atoms. The maximum atomic E-state index is 14.1. The Bertz CT molecular complexity index is 1680. The Balaban J connectivity index is 1.57. The predicted octanol–water partition coefficient (Wildman–Crippen LogP) is 7.11. The van der Waals surface area contributed by atoms with Crippen LogP contribution in [0.1, 0.15) is 61.9 Å². The molecule has 1 aliphatic carbocycles. The van der Waals surface area contributed by atoms with E-state index in [1.165, 1.54) is 23.0 Å². The van der Waals surface area contributed by atoms with Crippen LogP contribution in [0.5, 0.6) is 11.5 Å². The number of benzene rings is 3. The third-order valence-electron chi connectivity index (χ3n) is 7.01. The Hall–Kier alpha value is -4.12. The van der Waals surface area contributed by atoms with Gasteiger partial charge in [-0.05, 0) is 50.1 Å². The number of halogens is 2. The lowest BCUT2D eigenvalue weighted by molar-refractivity contribution is -0.386. The van der Waals surface area contributed by atoms with Crippen LogP contribution in [0.2, 0.25) is 0 Å². The topological polar surface area (TPSA) is 109 Å². The molecule has 11 heteroatoms. The van der Waals surface area contributed by atoms with Crippen LogP contribution in [0.3, 0.4) is 0 Å². The standard InChI is InChI=1S/C30H28BrFN4O5/c1-2-40-27-15-19(14-26(36(38)39)28(27)41-18-21-10-6-7-11-24(21)32)17-33-35-29(20-8-4-3-5-9-20)34-25-13-12-22(31)16-23(25)30(35)37/h6-7,10-17,20H,2-5,8-9,18H2,1H3. The molecule has 1 heterocycles. The minimum Gasteiger partial charge on any atom is -0.490 e. The molecule has 0 saturated heterocycles. The second-order valence-corrected chi connectivity index (χ2v) is 10.7. The molecule has 1 aromatic heterocycles. The summed E-state index contributed by atoms with van der Waals surface area (Å²) in [4.78, 5) is 29.9. The van der Waals surface area contributed by atoms with E-state index >= 15 is 0 Å². The molecule has 0 atom stereocenters. The first-order valence-corrected chi connectivity index (χ1v) is 14.2. The van der Waals surface area contributed by atoms with Crippen molar-refractivity contribution < 1.29 is 18.8 Å². The molecule has 0 unspecified atom stereocenters. The van der Waals surface area contributed by atoms with Gasteiger partial charge in [-0.25, -0.2) is 9.37 Å². The van der Waals surface area contributed by atoms with Gasteiger partial charge in [-0.15, -0.1) is 0 Å². The maximum absolute atomic E-state index is 14.1. The molecule has 0 amide bonds. The SMILES string of the molecule is CCOc1cc(C=Nn2c(C3CCCCC3)nc3ccc(Br)cc3c2=O)cc([N+](=O)[O-])c1OCc1ccccc1F. The van der Waals surface area contributed by atoms with Crippen molar-refractivity contribution in [2.75, 3.05) is 6.61 Å². The number of rotatable bonds is 9. The van der Waals surface area contributed by atoms with Gasteiger partial charge in [0.1, 0.15) is 18.2 Å². The van der Waals surface area contributed by atoms with E-state index < -0.39 is 10.7 Å². The molecule has 1 fully saturated rings. The molecule has 0 bridgehead atoms. The first-order chi connectivity index (χ1) is 19.9. The van der Waals surface area contributed by atoms with E-state index in [0.717, 1.165) is 36.6 Å². The Morgan fingerprint density at radius 1 is 1.15 bits per heavy atom. The third kappa shape index (κ3) is 6.30. The summed E-state index contributed by atoms with van der Waals surface area (Å²) in [5, 5.41) is 17.0. The monoisotopic (exact) mass is 622 g/mol. The number of nitrogens with zero attached hydrogens (tertiary/aromatic N) is 4. The van der Waals surface area contributed by atoms with Crippen molar-refractivity contribution >= 4 is 38.7 Å². The second kappa shape index (κ2) is 12.6. The summed E-state index contributed by atoms with van der Waals surface area (Å²) in [5.74, 6) is 0.163. The van der Waals surface area contributed by atoms with Gasteiger partial charge < -0.3 is 9.47 Å². The summed E-state index contributed by atoms with van der Waals surface area (Å²) in [7, 11) is 0. The van der Waals surface area contributed by atoms with E-state index in [4.69, 9.17) is 14.5 Å². The average molecular weight is 623 g/mol. The van der Waals surface area contributed by atoms with E-state index in [1.807, 2.05) is 6.07 Å². The second-order valence-electron chi connectivity index (χ2n) is 9.77. The van der Waals surface area contributed by atoms with Gasteiger partial charge in [0.2, 0.25) is 5.75 Å². The number of hydrogen-bond donors (Lipinski definition) is 0. The average Bonchev–Trinajstić information content (AvgIpc) is 2.97. The van der Waals surface area contributed by atoms with Crippen molar-refractivity contribution in [3.05, 3.63) is 102 Å². The Morgan fingerprint density at radius 2 is 1.93 bits per heavy atom. The minimum atomic E-state index is -0.592. The molecule has 0 radical (unpaired) electrons. The zero-order valence-corrected chi connectivity index (χ0v) is 24.0. The maximum Gasteiger partial charge on any atom is 0.315 e. The molecule has 9 nitrogen and oxygen atoms in total. The molecule has 1 aliphatic rings. The summed E-state index contributed by atoms with van der Waals surface area (Å²) in [6.45, 7) is 1.73. The molecule has 212 valence electrons. The molecule has 0 aliphatic heterocycles. The van der Waals surface area contributed by atoms with E-state index in [0.29, 0.717) is 22.3 Å². The van der Waals surface area contributed by atoms with E-state index in [-0.39, 0.29) is 47.4 Å². The molecule has 4 aromatic rings. The van der Waals surface area contributed by atoms with E-state index in [2.05, 4.69) is 21.0 Å². The lowest BCUT2D eigenvalue weighted by atomic mass is 9.88. The third-order valence-corrected chi connectivity index (χ3v) is 7.50. The van der Waals surface area contributed by atoms with Crippen molar-refractivity contribution in [2.24, 2.45) is 5.10 Å². The number of nitro groups is 1. The van der Waals surface area contributed by atoms with Gasteiger partial charge in [0.05, 0.1) is 28.6 Å². The summed E-state index contributed by atoms with van der Waals surface area (Å²) in [5.41, 5.74) is 0.483. The molecule has 5 rings (SSSR count). The van der Waals surface area contributed by atoms with E-state index in [1.54, 1.807) is 43.3 Å². The molecule has 0 N–H and O–H groups in total. The zero-order chi connectivity index (χ0) is 28.9. The first kappa shape index (κ1) is 28.4. The molecule has 0 spiro atoms. The van der Waals surface area contributed by atoms with Gasteiger partial charge in [0.15, 0.2) is 5.75 Å². The van der Waals surface area contributed by atoms with Crippen LogP contribution in [-0.4, -0.2) is 27.4 Å².